The van der Waals surface area contributed by atoms with Crippen LogP contribution >= 0.6 is 0 Å². The molecule has 1 aliphatic rings. The summed E-state index contributed by atoms with van der Waals surface area (Å²) in [5, 5.41) is 13.3. The second kappa shape index (κ2) is 6.86. The average Bonchev–Trinajstić information content (AvgIpc) is 3.06. The Morgan fingerprint density at radius 3 is 2.48 bits per heavy atom. The van der Waals surface area contributed by atoms with E-state index in [-0.39, 0.29) is 18.0 Å². The van der Waals surface area contributed by atoms with Gasteiger partial charge in [0.2, 0.25) is 5.91 Å². The molecule has 2 aromatic rings. The zero-order valence-corrected chi connectivity index (χ0v) is 15.1. The van der Waals surface area contributed by atoms with Gasteiger partial charge in [-0.3, -0.25) is 4.79 Å². The van der Waals surface area contributed by atoms with Crippen LogP contribution in [0.5, 0.6) is 5.75 Å². The van der Waals surface area contributed by atoms with Gasteiger partial charge in [0.1, 0.15) is 11.8 Å². The van der Waals surface area contributed by atoms with Crippen LogP contribution in [-0.2, 0) is 4.79 Å². The lowest BCUT2D eigenvalue weighted by Gasteiger charge is -2.15. The first-order valence-electron chi connectivity index (χ1n) is 8.55. The van der Waals surface area contributed by atoms with Crippen LogP contribution in [0, 0.1) is 27.7 Å². The van der Waals surface area contributed by atoms with Crippen LogP contribution in [0.4, 0.5) is 5.69 Å². The number of rotatable bonds is 3. The molecule has 1 heterocycles. The Bertz CT molecular complexity index is 817. The Kier molecular flexibility index (Phi) is 4.79. The van der Waals surface area contributed by atoms with Crippen LogP contribution in [0.15, 0.2) is 30.3 Å². The van der Waals surface area contributed by atoms with Gasteiger partial charge in [-0.15, -0.1) is 0 Å². The van der Waals surface area contributed by atoms with E-state index in [4.69, 9.17) is 0 Å². The number of amides is 1. The van der Waals surface area contributed by atoms with Gasteiger partial charge in [0.05, 0.1) is 6.04 Å². The van der Waals surface area contributed by atoms with Crippen molar-refractivity contribution >= 4 is 11.6 Å². The molecule has 0 bridgehead atoms. The molecule has 132 valence electrons. The topological polar surface area (TPSA) is 73.4 Å². The van der Waals surface area contributed by atoms with Crippen LogP contribution in [0.25, 0.3) is 0 Å². The predicted octanol–water partition coefficient (Wildman–Crippen LogP) is 3.17. The minimum absolute atomic E-state index is 0.0819. The van der Waals surface area contributed by atoms with Crippen molar-refractivity contribution in [3.05, 3.63) is 58.1 Å². The van der Waals surface area contributed by atoms with Crippen LogP contribution in [0.1, 0.15) is 40.3 Å². The maximum atomic E-state index is 12.5. The first-order chi connectivity index (χ1) is 11.9. The molecule has 1 saturated heterocycles. The van der Waals surface area contributed by atoms with E-state index in [9.17, 15) is 9.90 Å². The highest BCUT2D eigenvalue weighted by Gasteiger charge is 2.31. The predicted molar refractivity (Wildman–Crippen MR) is 99.5 cm³/mol. The fourth-order valence-corrected chi connectivity index (χ4v) is 3.08. The Hall–Kier alpha value is -2.37. The summed E-state index contributed by atoms with van der Waals surface area (Å²) < 4.78 is 0. The van der Waals surface area contributed by atoms with E-state index in [2.05, 4.69) is 16.2 Å². The molecule has 2 aromatic carbocycles. The average molecular weight is 339 g/mol. The van der Waals surface area contributed by atoms with Crippen molar-refractivity contribution in [1.29, 1.82) is 0 Å². The first kappa shape index (κ1) is 17.5. The number of aryl methyl sites for hydroxylation is 3. The third kappa shape index (κ3) is 3.52. The summed E-state index contributed by atoms with van der Waals surface area (Å²) in [5.74, 6) is 0.219. The van der Waals surface area contributed by atoms with Gasteiger partial charge >= 0.3 is 0 Å². The number of aromatic hydroxyl groups is 1. The highest BCUT2D eigenvalue weighted by Crippen LogP contribution is 2.33. The van der Waals surface area contributed by atoms with Gasteiger partial charge in [-0.1, -0.05) is 18.2 Å². The van der Waals surface area contributed by atoms with E-state index < -0.39 is 0 Å². The van der Waals surface area contributed by atoms with E-state index in [1.807, 2.05) is 58.0 Å². The van der Waals surface area contributed by atoms with E-state index >= 15 is 0 Å². The van der Waals surface area contributed by atoms with E-state index in [0.717, 1.165) is 27.9 Å². The second-order valence-electron chi connectivity index (χ2n) is 6.86. The van der Waals surface area contributed by atoms with Crippen LogP contribution in [0.2, 0.25) is 0 Å². The molecule has 1 amide bonds. The molecule has 1 aliphatic heterocycles. The second-order valence-corrected chi connectivity index (χ2v) is 6.86. The molecule has 4 N–H and O–H groups in total. The van der Waals surface area contributed by atoms with Gasteiger partial charge in [-0.05, 0) is 68.5 Å². The van der Waals surface area contributed by atoms with Crippen LogP contribution in [0.3, 0.4) is 0 Å². The van der Waals surface area contributed by atoms with Crippen molar-refractivity contribution in [3.63, 3.8) is 0 Å². The van der Waals surface area contributed by atoms with Crippen molar-refractivity contribution in [2.45, 2.75) is 46.2 Å². The number of phenolic OH excluding ortho intramolecular Hbond substituents is 1. The lowest BCUT2D eigenvalue weighted by atomic mass is 9.96. The van der Waals surface area contributed by atoms with Gasteiger partial charge in [-0.2, -0.15) is 0 Å². The Labute approximate surface area is 148 Å². The summed E-state index contributed by atoms with van der Waals surface area (Å²) >= 11 is 0. The minimum atomic E-state index is -0.354. The molecule has 5 heteroatoms. The summed E-state index contributed by atoms with van der Waals surface area (Å²) in [6.07, 6.45) is 0.576. The van der Waals surface area contributed by atoms with Crippen molar-refractivity contribution in [2.75, 3.05) is 5.32 Å². The quantitative estimate of drug-likeness (QED) is 0.693. The monoisotopic (exact) mass is 339 g/mol. The Morgan fingerprint density at radius 2 is 1.76 bits per heavy atom. The van der Waals surface area contributed by atoms with E-state index in [0.29, 0.717) is 12.2 Å². The van der Waals surface area contributed by atoms with Crippen molar-refractivity contribution < 1.29 is 9.90 Å². The van der Waals surface area contributed by atoms with Gasteiger partial charge in [0, 0.05) is 11.3 Å². The van der Waals surface area contributed by atoms with Crippen LogP contribution < -0.4 is 16.2 Å². The molecule has 0 spiro atoms. The van der Waals surface area contributed by atoms with Gasteiger partial charge in [0.15, 0.2) is 0 Å². The standard InChI is InChI=1S/C20H25N3O2/c1-11-5-7-15(9-13(11)3)21-20(25)18-10-17(22-23-18)16-8-6-12(2)14(4)19(16)24/h5-9,17-18,22-24H,10H2,1-4H3,(H,21,25). The molecule has 0 radical (unpaired) electrons. The smallest absolute Gasteiger partial charge is 0.242 e. The number of benzene rings is 2. The molecule has 0 aromatic heterocycles. The number of hydrogen-bond donors (Lipinski definition) is 4. The van der Waals surface area contributed by atoms with E-state index in [1.54, 1.807) is 0 Å². The Morgan fingerprint density at radius 1 is 1.04 bits per heavy atom. The molecule has 2 atom stereocenters. The number of hydrogen-bond acceptors (Lipinski definition) is 4. The largest absolute Gasteiger partial charge is 0.507 e. The molecule has 0 aliphatic carbocycles. The highest BCUT2D eigenvalue weighted by atomic mass is 16.3. The maximum absolute atomic E-state index is 12.5. The maximum Gasteiger partial charge on any atom is 0.242 e. The normalized spacial score (nSPS) is 19.8. The number of anilines is 1. The van der Waals surface area contributed by atoms with Gasteiger partial charge in [0.25, 0.3) is 0 Å². The first-order valence-corrected chi connectivity index (χ1v) is 8.55. The van der Waals surface area contributed by atoms with E-state index in [1.165, 1.54) is 5.56 Å². The zero-order valence-electron chi connectivity index (χ0n) is 15.1. The minimum Gasteiger partial charge on any atom is -0.507 e. The number of phenols is 1. The fraction of sp³-hybridized carbons (Fsp3) is 0.350. The summed E-state index contributed by atoms with van der Waals surface area (Å²) in [6.45, 7) is 7.95. The summed E-state index contributed by atoms with van der Waals surface area (Å²) in [7, 11) is 0. The van der Waals surface area contributed by atoms with Crippen molar-refractivity contribution in [3.8, 4) is 5.75 Å². The lowest BCUT2D eigenvalue weighted by Crippen LogP contribution is -2.39. The number of carbonyl (C=O) groups excluding carboxylic acids is 1. The Balaban J connectivity index is 1.69. The number of hydrazine groups is 1. The third-order valence-corrected chi connectivity index (χ3v) is 5.10. The fourth-order valence-electron chi connectivity index (χ4n) is 3.08. The lowest BCUT2D eigenvalue weighted by molar-refractivity contribution is -0.117. The summed E-state index contributed by atoms with van der Waals surface area (Å²) in [6, 6.07) is 9.34. The molecule has 5 nitrogen and oxygen atoms in total. The zero-order chi connectivity index (χ0) is 18.1. The molecule has 2 unspecified atom stereocenters. The molecule has 0 saturated carbocycles. The van der Waals surface area contributed by atoms with Gasteiger partial charge < -0.3 is 10.4 Å². The SMILES string of the molecule is Cc1ccc(NC(=O)C2CC(c3ccc(C)c(C)c3O)NN2)cc1C. The summed E-state index contributed by atoms with van der Waals surface area (Å²) in [4.78, 5) is 12.5. The number of carbonyl (C=O) groups is 1. The third-order valence-electron chi connectivity index (χ3n) is 5.10. The van der Waals surface area contributed by atoms with Crippen molar-refractivity contribution in [2.24, 2.45) is 0 Å². The molecular weight excluding hydrogens is 314 g/mol. The highest BCUT2D eigenvalue weighted by molar-refractivity contribution is 5.95. The summed E-state index contributed by atoms with van der Waals surface area (Å²) in [5.41, 5.74) is 12.1. The van der Waals surface area contributed by atoms with Crippen LogP contribution in [-0.4, -0.2) is 17.1 Å². The van der Waals surface area contributed by atoms with Gasteiger partial charge in [-0.25, -0.2) is 10.9 Å². The molecule has 1 fully saturated rings. The molecular formula is C20H25N3O2. The molecule has 25 heavy (non-hydrogen) atoms. The van der Waals surface area contributed by atoms with Crippen molar-refractivity contribution in [1.82, 2.24) is 10.9 Å². The number of nitrogens with one attached hydrogen (secondary N) is 3. The molecule has 3 rings (SSSR count).